The van der Waals surface area contributed by atoms with Gasteiger partial charge in [0.25, 0.3) is 0 Å². The van der Waals surface area contributed by atoms with Crippen molar-refractivity contribution < 1.29 is 0 Å². The molecular weight excluding hydrogens is 290 g/mol. The number of H-pyrrole nitrogens is 1. The van der Waals surface area contributed by atoms with Crippen molar-refractivity contribution in [3.05, 3.63) is 52.5 Å². The van der Waals surface area contributed by atoms with Gasteiger partial charge in [-0.15, -0.1) is 0 Å². The molecule has 4 heteroatoms. The number of fused-ring (bicyclic) bond motifs is 1. The summed E-state index contributed by atoms with van der Waals surface area (Å²) in [7, 11) is 0. The van der Waals surface area contributed by atoms with Crippen LogP contribution >= 0.6 is 15.9 Å². The van der Waals surface area contributed by atoms with Crippen LogP contribution in [0.1, 0.15) is 5.56 Å². The van der Waals surface area contributed by atoms with E-state index >= 15 is 0 Å². The molecule has 0 saturated carbocycles. The molecule has 0 fully saturated rings. The number of hydrogen-bond acceptors (Lipinski definition) is 2. The number of hydrogen-bond donors (Lipinski definition) is 1. The zero-order valence-corrected chi connectivity index (χ0v) is 10.9. The van der Waals surface area contributed by atoms with Crippen molar-refractivity contribution in [2.24, 2.45) is 0 Å². The summed E-state index contributed by atoms with van der Waals surface area (Å²) in [5.41, 5.74) is 3.42. The SMILES string of the molecule is N#Cc1cccc(-c2nc3c(Br)cccc3[nH]2)c1. The molecule has 0 aliphatic rings. The van der Waals surface area contributed by atoms with Crippen molar-refractivity contribution in [2.75, 3.05) is 0 Å². The number of imidazole rings is 1. The fourth-order valence-corrected chi connectivity index (χ4v) is 2.32. The van der Waals surface area contributed by atoms with E-state index in [4.69, 9.17) is 5.26 Å². The minimum absolute atomic E-state index is 0.632. The minimum Gasteiger partial charge on any atom is -0.338 e. The number of halogens is 1. The highest BCUT2D eigenvalue weighted by Crippen LogP contribution is 2.26. The first kappa shape index (κ1) is 11.0. The van der Waals surface area contributed by atoms with E-state index in [9.17, 15) is 0 Å². The molecule has 1 aromatic heterocycles. The fraction of sp³-hybridized carbons (Fsp3) is 0. The second kappa shape index (κ2) is 4.28. The molecule has 18 heavy (non-hydrogen) atoms. The first-order valence-corrected chi connectivity index (χ1v) is 6.22. The van der Waals surface area contributed by atoms with Gasteiger partial charge in [0.15, 0.2) is 0 Å². The van der Waals surface area contributed by atoms with Crippen LogP contribution in [-0.2, 0) is 0 Å². The number of benzene rings is 2. The molecule has 0 saturated heterocycles. The molecule has 3 nitrogen and oxygen atoms in total. The lowest BCUT2D eigenvalue weighted by Gasteiger charge is -1.96. The van der Waals surface area contributed by atoms with E-state index in [1.54, 1.807) is 6.07 Å². The first-order chi connectivity index (χ1) is 8.78. The Morgan fingerprint density at radius 1 is 1.17 bits per heavy atom. The van der Waals surface area contributed by atoms with Crippen molar-refractivity contribution >= 4 is 27.0 Å². The lowest BCUT2D eigenvalue weighted by Crippen LogP contribution is -1.81. The third kappa shape index (κ3) is 1.79. The van der Waals surface area contributed by atoms with Crippen LogP contribution in [0.25, 0.3) is 22.4 Å². The Labute approximate surface area is 112 Å². The van der Waals surface area contributed by atoms with Gasteiger partial charge in [-0.2, -0.15) is 5.26 Å². The van der Waals surface area contributed by atoms with Crippen molar-refractivity contribution in [3.8, 4) is 17.5 Å². The highest BCUT2D eigenvalue weighted by atomic mass is 79.9. The molecule has 1 heterocycles. The number of aromatic nitrogens is 2. The second-order valence-electron chi connectivity index (χ2n) is 3.91. The van der Waals surface area contributed by atoms with Gasteiger partial charge in [-0.1, -0.05) is 18.2 Å². The molecule has 0 aliphatic carbocycles. The number of rotatable bonds is 1. The van der Waals surface area contributed by atoms with Gasteiger partial charge in [-0.3, -0.25) is 0 Å². The average molecular weight is 298 g/mol. The number of nitriles is 1. The zero-order valence-electron chi connectivity index (χ0n) is 9.31. The fourth-order valence-electron chi connectivity index (χ4n) is 1.87. The predicted molar refractivity (Wildman–Crippen MR) is 73.9 cm³/mol. The van der Waals surface area contributed by atoms with Crippen LogP contribution in [0.4, 0.5) is 0 Å². The van der Waals surface area contributed by atoms with Gasteiger partial charge in [0, 0.05) is 10.0 Å². The van der Waals surface area contributed by atoms with Crippen LogP contribution in [0.3, 0.4) is 0 Å². The van der Waals surface area contributed by atoms with Crippen LogP contribution in [0.15, 0.2) is 46.9 Å². The Balaban J connectivity index is 2.20. The molecule has 0 aliphatic heterocycles. The monoisotopic (exact) mass is 297 g/mol. The van der Waals surface area contributed by atoms with Gasteiger partial charge in [0.05, 0.1) is 17.1 Å². The summed E-state index contributed by atoms with van der Waals surface area (Å²) in [5.74, 6) is 0.772. The molecule has 0 atom stereocenters. The molecule has 0 radical (unpaired) electrons. The van der Waals surface area contributed by atoms with Crippen LogP contribution in [-0.4, -0.2) is 9.97 Å². The summed E-state index contributed by atoms with van der Waals surface area (Å²) >= 11 is 3.48. The van der Waals surface area contributed by atoms with Gasteiger partial charge in [-0.25, -0.2) is 4.98 Å². The van der Waals surface area contributed by atoms with E-state index in [1.165, 1.54) is 0 Å². The smallest absolute Gasteiger partial charge is 0.138 e. The molecule has 0 amide bonds. The Bertz CT molecular complexity index is 768. The summed E-state index contributed by atoms with van der Waals surface area (Å²) in [4.78, 5) is 7.80. The molecule has 0 bridgehead atoms. The molecule has 0 spiro atoms. The topological polar surface area (TPSA) is 52.5 Å². The summed E-state index contributed by atoms with van der Waals surface area (Å²) in [6.07, 6.45) is 0. The maximum absolute atomic E-state index is 8.90. The van der Waals surface area contributed by atoms with Crippen LogP contribution in [0.2, 0.25) is 0 Å². The number of aromatic amines is 1. The Kier molecular flexibility index (Phi) is 2.62. The molecule has 2 aromatic carbocycles. The van der Waals surface area contributed by atoms with Gasteiger partial charge >= 0.3 is 0 Å². The minimum atomic E-state index is 0.632. The van der Waals surface area contributed by atoms with Crippen LogP contribution in [0.5, 0.6) is 0 Å². The first-order valence-electron chi connectivity index (χ1n) is 5.43. The van der Waals surface area contributed by atoms with Crippen molar-refractivity contribution in [2.45, 2.75) is 0 Å². The van der Waals surface area contributed by atoms with E-state index in [-0.39, 0.29) is 0 Å². The molecule has 0 unspecified atom stereocenters. The molecule has 86 valence electrons. The highest BCUT2D eigenvalue weighted by Gasteiger charge is 2.07. The Hall–Kier alpha value is -2.12. The van der Waals surface area contributed by atoms with Crippen LogP contribution < -0.4 is 0 Å². The van der Waals surface area contributed by atoms with Crippen LogP contribution in [0, 0.1) is 11.3 Å². The standard InChI is InChI=1S/C14H8BrN3/c15-11-5-2-6-12-13(11)18-14(17-12)10-4-1-3-9(7-10)8-16/h1-7H,(H,17,18). The second-order valence-corrected chi connectivity index (χ2v) is 4.77. The number of nitrogens with one attached hydrogen (secondary N) is 1. The summed E-state index contributed by atoms with van der Waals surface area (Å²) in [6, 6.07) is 15.4. The largest absolute Gasteiger partial charge is 0.338 e. The maximum Gasteiger partial charge on any atom is 0.138 e. The average Bonchev–Trinajstić information content (AvgIpc) is 2.84. The van der Waals surface area contributed by atoms with E-state index in [1.807, 2.05) is 36.4 Å². The predicted octanol–water partition coefficient (Wildman–Crippen LogP) is 3.86. The zero-order chi connectivity index (χ0) is 12.5. The van der Waals surface area contributed by atoms with Crippen molar-refractivity contribution in [1.82, 2.24) is 9.97 Å². The Morgan fingerprint density at radius 2 is 2.00 bits per heavy atom. The van der Waals surface area contributed by atoms with Gasteiger partial charge < -0.3 is 4.98 Å². The molecular formula is C14H8BrN3. The lowest BCUT2D eigenvalue weighted by atomic mass is 10.1. The quantitative estimate of drug-likeness (QED) is 0.741. The third-order valence-electron chi connectivity index (χ3n) is 2.73. The molecule has 3 aromatic rings. The summed E-state index contributed by atoms with van der Waals surface area (Å²) < 4.78 is 0.957. The van der Waals surface area contributed by atoms with Gasteiger partial charge in [-0.05, 0) is 40.2 Å². The molecule has 1 N–H and O–H groups in total. The van der Waals surface area contributed by atoms with E-state index < -0.39 is 0 Å². The summed E-state index contributed by atoms with van der Waals surface area (Å²) in [5, 5.41) is 8.90. The van der Waals surface area contributed by atoms with Crippen molar-refractivity contribution in [1.29, 1.82) is 5.26 Å². The van der Waals surface area contributed by atoms with E-state index in [0.717, 1.165) is 26.9 Å². The molecule has 3 rings (SSSR count). The normalized spacial score (nSPS) is 10.4. The number of para-hydroxylation sites is 1. The highest BCUT2D eigenvalue weighted by molar-refractivity contribution is 9.10. The van der Waals surface area contributed by atoms with Crippen molar-refractivity contribution in [3.63, 3.8) is 0 Å². The third-order valence-corrected chi connectivity index (χ3v) is 3.37. The number of nitrogens with zero attached hydrogens (tertiary/aromatic N) is 2. The van der Waals surface area contributed by atoms with Gasteiger partial charge in [0.1, 0.15) is 11.3 Å². The van der Waals surface area contributed by atoms with E-state index in [0.29, 0.717) is 5.56 Å². The Morgan fingerprint density at radius 3 is 2.78 bits per heavy atom. The van der Waals surface area contributed by atoms with Gasteiger partial charge in [0.2, 0.25) is 0 Å². The van der Waals surface area contributed by atoms with E-state index in [2.05, 4.69) is 32.0 Å². The summed E-state index contributed by atoms with van der Waals surface area (Å²) in [6.45, 7) is 0. The maximum atomic E-state index is 8.90. The lowest BCUT2D eigenvalue weighted by molar-refractivity contribution is 1.33.